The number of carbonyl (C=O) groups excluding carboxylic acids is 1. The highest BCUT2D eigenvalue weighted by atomic mass is 127. The number of nitrogens with zero attached hydrogens (tertiary/aromatic N) is 3. The molecule has 0 aliphatic heterocycles. The zero-order valence-corrected chi connectivity index (χ0v) is 16.6. The number of nitrogens with one attached hydrogen (secondary N) is 1. The zero-order chi connectivity index (χ0) is 17.6. The van der Waals surface area contributed by atoms with Gasteiger partial charge in [-0.25, -0.2) is 0 Å². The molecule has 1 N–H and O–H groups in total. The van der Waals surface area contributed by atoms with Gasteiger partial charge in [0.05, 0.1) is 18.0 Å². The SMILES string of the molecule is Cc1nnc(SCC(=O)Nc2ccccc2I)n1Cc1ccccc1. The Morgan fingerprint density at radius 1 is 1.12 bits per heavy atom. The van der Waals surface area contributed by atoms with Crippen LogP contribution in [0.4, 0.5) is 5.69 Å². The Labute approximate surface area is 164 Å². The maximum atomic E-state index is 12.2. The molecule has 0 atom stereocenters. The van der Waals surface area contributed by atoms with Crippen LogP contribution in [0, 0.1) is 10.5 Å². The van der Waals surface area contributed by atoms with E-state index in [0.29, 0.717) is 6.54 Å². The van der Waals surface area contributed by atoms with Crippen molar-refractivity contribution < 1.29 is 4.79 Å². The molecule has 128 valence electrons. The fraction of sp³-hybridized carbons (Fsp3) is 0.167. The summed E-state index contributed by atoms with van der Waals surface area (Å²) in [4.78, 5) is 12.2. The van der Waals surface area contributed by atoms with Crippen molar-refractivity contribution in [3.63, 3.8) is 0 Å². The third-order valence-electron chi connectivity index (χ3n) is 3.57. The van der Waals surface area contributed by atoms with Crippen LogP contribution in [0.15, 0.2) is 59.8 Å². The van der Waals surface area contributed by atoms with Gasteiger partial charge in [-0.05, 0) is 47.2 Å². The van der Waals surface area contributed by atoms with Crippen LogP contribution in [0.5, 0.6) is 0 Å². The molecule has 5 nitrogen and oxygen atoms in total. The van der Waals surface area contributed by atoms with Crippen molar-refractivity contribution in [3.8, 4) is 0 Å². The summed E-state index contributed by atoms with van der Waals surface area (Å²) >= 11 is 3.60. The molecule has 1 amide bonds. The number of halogens is 1. The van der Waals surface area contributed by atoms with Crippen molar-refractivity contribution >= 4 is 45.9 Å². The first-order valence-electron chi connectivity index (χ1n) is 7.74. The second kappa shape index (κ2) is 8.48. The van der Waals surface area contributed by atoms with E-state index in [-0.39, 0.29) is 11.7 Å². The van der Waals surface area contributed by atoms with Crippen molar-refractivity contribution in [3.05, 3.63) is 69.6 Å². The highest BCUT2D eigenvalue weighted by Gasteiger charge is 2.13. The molecule has 3 aromatic rings. The van der Waals surface area contributed by atoms with Crippen LogP contribution in [0.3, 0.4) is 0 Å². The first-order valence-corrected chi connectivity index (χ1v) is 9.81. The summed E-state index contributed by atoms with van der Waals surface area (Å²) in [6.45, 7) is 2.62. The highest BCUT2D eigenvalue weighted by Crippen LogP contribution is 2.20. The van der Waals surface area contributed by atoms with Gasteiger partial charge in [0.1, 0.15) is 5.82 Å². The molecule has 0 spiro atoms. The van der Waals surface area contributed by atoms with Gasteiger partial charge >= 0.3 is 0 Å². The number of aromatic nitrogens is 3. The van der Waals surface area contributed by atoms with E-state index in [4.69, 9.17) is 0 Å². The molecule has 0 aliphatic rings. The average molecular weight is 464 g/mol. The number of thioether (sulfide) groups is 1. The minimum absolute atomic E-state index is 0.0546. The number of aryl methyl sites for hydroxylation is 1. The molecule has 1 heterocycles. The molecule has 0 saturated carbocycles. The van der Waals surface area contributed by atoms with E-state index in [2.05, 4.69) is 50.2 Å². The van der Waals surface area contributed by atoms with Gasteiger partial charge in [0.25, 0.3) is 0 Å². The second-order valence-corrected chi connectivity index (χ2v) is 7.52. The average Bonchev–Trinajstić information content (AvgIpc) is 2.96. The van der Waals surface area contributed by atoms with E-state index in [1.54, 1.807) is 0 Å². The summed E-state index contributed by atoms with van der Waals surface area (Å²) in [6.07, 6.45) is 0. The van der Waals surface area contributed by atoms with Crippen LogP contribution >= 0.6 is 34.4 Å². The van der Waals surface area contributed by atoms with Gasteiger partial charge in [-0.3, -0.25) is 4.79 Å². The van der Waals surface area contributed by atoms with E-state index in [9.17, 15) is 4.79 Å². The molecule has 1 aromatic heterocycles. The maximum absolute atomic E-state index is 12.2. The third kappa shape index (κ3) is 4.82. The van der Waals surface area contributed by atoms with Crippen molar-refractivity contribution in [2.24, 2.45) is 0 Å². The van der Waals surface area contributed by atoms with Crippen molar-refractivity contribution in [1.29, 1.82) is 0 Å². The Hall–Kier alpha value is -1.87. The minimum Gasteiger partial charge on any atom is -0.324 e. The summed E-state index contributed by atoms with van der Waals surface area (Å²) in [5.41, 5.74) is 2.01. The number of anilines is 1. The van der Waals surface area contributed by atoms with Gasteiger partial charge < -0.3 is 9.88 Å². The third-order valence-corrected chi connectivity index (χ3v) is 5.47. The van der Waals surface area contributed by atoms with Crippen LogP contribution in [0.25, 0.3) is 0 Å². The lowest BCUT2D eigenvalue weighted by molar-refractivity contribution is -0.113. The van der Waals surface area contributed by atoms with Crippen LogP contribution in [-0.4, -0.2) is 26.4 Å². The lowest BCUT2D eigenvalue weighted by atomic mass is 10.2. The Morgan fingerprint density at radius 2 is 1.84 bits per heavy atom. The quantitative estimate of drug-likeness (QED) is 0.443. The van der Waals surface area contributed by atoms with E-state index >= 15 is 0 Å². The van der Waals surface area contributed by atoms with Gasteiger partial charge in [-0.2, -0.15) is 0 Å². The van der Waals surface area contributed by atoms with Gasteiger partial charge in [0.2, 0.25) is 5.91 Å². The lowest BCUT2D eigenvalue weighted by Gasteiger charge is -2.09. The second-order valence-electron chi connectivity index (χ2n) is 5.42. The molecule has 0 bridgehead atoms. The largest absolute Gasteiger partial charge is 0.324 e. The topological polar surface area (TPSA) is 59.8 Å². The summed E-state index contributed by atoms with van der Waals surface area (Å²) in [5, 5.41) is 12.0. The Balaban J connectivity index is 1.64. The number of benzene rings is 2. The fourth-order valence-corrected chi connectivity index (χ4v) is 3.60. The van der Waals surface area contributed by atoms with Gasteiger partial charge in [0, 0.05) is 3.57 Å². The van der Waals surface area contributed by atoms with Crippen LogP contribution in [0.2, 0.25) is 0 Å². The van der Waals surface area contributed by atoms with Gasteiger partial charge in [-0.1, -0.05) is 54.2 Å². The molecule has 0 fully saturated rings. The van der Waals surface area contributed by atoms with E-state index in [1.165, 1.54) is 17.3 Å². The van der Waals surface area contributed by atoms with E-state index in [1.807, 2.05) is 54.0 Å². The smallest absolute Gasteiger partial charge is 0.234 e. The van der Waals surface area contributed by atoms with Gasteiger partial charge in [0.15, 0.2) is 5.16 Å². The lowest BCUT2D eigenvalue weighted by Crippen LogP contribution is -2.15. The number of carbonyl (C=O) groups is 1. The Morgan fingerprint density at radius 3 is 2.60 bits per heavy atom. The fourth-order valence-electron chi connectivity index (χ4n) is 2.30. The number of rotatable bonds is 6. The zero-order valence-electron chi connectivity index (χ0n) is 13.6. The molecule has 0 unspecified atom stereocenters. The molecular weight excluding hydrogens is 447 g/mol. The number of hydrogen-bond acceptors (Lipinski definition) is 4. The summed E-state index contributed by atoms with van der Waals surface area (Å²) < 4.78 is 3.04. The number of hydrogen-bond donors (Lipinski definition) is 1. The van der Waals surface area contributed by atoms with E-state index < -0.39 is 0 Å². The predicted molar refractivity (Wildman–Crippen MR) is 109 cm³/mol. The van der Waals surface area contributed by atoms with Gasteiger partial charge in [-0.15, -0.1) is 10.2 Å². The number of amides is 1. The maximum Gasteiger partial charge on any atom is 0.234 e. The van der Waals surface area contributed by atoms with Crippen molar-refractivity contribution in [2.45, 2.75) is 18.6 Å². The van der Waals surface area contributed by atoms with Crippen molar-refractivity contribution in [1.82, 2.24) is 14.8 Å². The highest BCUT2D eigenvalue weighted by molar-refractivity contribution is 14.1. The van der Waals surface area contributed by atoms with Crippen LogP contribution in [-0.2, 0) is 11.3 Å². The predicted octanol–water partition coefficient (Wildman–Crippen LogP) is 3.97. The molecule has 3 rings (SSSR count). The molecule has 25 heavy (non-hydrogen) atoms. The minimum atomic E-state index is -0.0546. The Bertz CT molecular complexity index is 867. The van der Waals surface area contributed by atoms with Crippen molar-refractivity contribution in [2.75, 3.05) is 11.1 Å². The molecular formula is C18H17IN4OS. The molecule has 0 aliphatic carbocycles. The molecule has 7 heteroatoms. The Kier molecular flexibility index (Phi) is 6.09. The first kappa shape index (κ1) is 17.9. The summed E-state index contributed by atoms with van der Waals surface area (Å²) in [5.74, 6) is 1.07. The molecule has 0 saturated heterocycles. The molecule has 2 aromatic carbocycles. The standard InChI is InChI=1S/C18H17IN4OS/c1-13-21-22-18(23(13)11-14-7-3-2-4-8-14)25-12-17(24)20-16-10-6-5-9-15(16)19/h2-10H,11-12H2,1H3,(H,20,24). The first-order chi connectivity index (χ1) is 12.1. The summed E-state index contributed by atoms with van der Waals surface area (Å²) in [6, 6.07) is 17.9. The van der Waals surface area contributed by atoms with Crippen LogP contribution < -0.4 is 5.32 Å². The van der Waals surface area contributed by atoms with E-state index in [0.717, 1.165) is 20.2 Å². The summed E-state index contributed by atoms with van der Waals surface area (Å²) in [7, 11) is 0. The molecule has 0 radical (unpaired) electrons. The monoisotopic (exact) mass is 464 g/mol. The van der Waals surface area contributed by atoms with Crippen LogP contribution in [0.1, 0.15) is 11.4 Å². The number of para-hydroxylation sites is 1. The normalized spacial score (nSPS) is 10.6.